The van der Waals surface area contributed by atoms with E-state index in [9.17, 15) is 5.11 Å². The van der Waals surface area contributed by atoms with Gasteiger partial charge in [0.2, 0.25) is 0 Å². The van der Waals surface area contributed by atoms with Gasteiger partial charge in [-0.3, -0.25) is 0 Å². The third-order valence-corrected chi connectivity index (χ3v) is 4.24. The lowest BCUT2D eigenvalue weighted by Crippen LogP contribution is -2.25. The molecule has 0 heterocycles. The molecule has 112 valence electrons. The van der Waals surface area contributed by atoms with Gasteiger partial charge in [-0.1, -0.05) is 13.8 Å². The van der Waals surface area contributed by atoms with E-state index in [1.54, 1.807) is 14.2 Å². The second kappa shape index (κ2) is 6.02. The lowest BCUT2D eigenvalue weighted by atomic mass is 10.1. The van der Waals surface area contributed by atoms with E-state index in [-0.39, 0.29) is 0 Å². The fraction of sp³-hybridized carbons (Fsp3) is 0.625. The second-order valence-corrected chi connectivity index (χ2v) is 6.17. The first-order chi connectivity index (χ1) is 9.47. The summed E-state index contributed by atoms with van der Waals surface area (Å²) in [7, 11) is 3.23. The van der Waals surface area contributed by atoms with Crippen LogP contribution in [0.4, 0.5) is 0 Å². The fourth-order valence-corrected chi connectivity index (χ4v) is 2.53. The van der Waals surface area contributed by atoms with E-state index in [4.69, 9.17) is 9.47 Å². The van der Waals surface area contributed by atoms with Gasteiger partial charge in [-0.15, -0.1) is 0 Å². The van der Waals surface area contributed by atoms with E-state index in [2.05, 4.69) is 19.2 Å². The molecule has 1 aromatic carbocycles. The number of nitrogens with one attached hydrogen (secondary N) is 1. The minimum absolute atomic E-state index is 0.464. The molecule has 0 aliphatic heterocycles. The Kier molecular flexibility index (Phi) is 4.55. The highest BCUT2D eigenvalue weighted by molar-refractivity contribution is 5.41. The van der Waals surface area contributed by atoms with E-state index in [0.717, 1.165) is 23.8 Å². The number of aliphatic hydroxyl groups is 1. The summed E-state index contributed by atoms with van der Waals surface area (Å²) in [4.78, 5) is 0. The van der Waals surface area contributed by atoms with E-state index in [1.165, 1.54) is 6.42 Å². The number of methoxy groups -OCH3 is 2. The van der Waals surface area contributed by atoms with Crippen molar-refractivity contribution in [2.24, 2.45) is 11.3 Å². The van der Waals surface area contributed by atoms with Gasteiger partial charge in [0.15, 0.2) is 0 Å². The molecule has 4 heteroatoms. The highest BCUT2D eigenvalue weighted by atomic mass is 16.5. The molecular weight excluding hydrogens is 254 g/mol. The van der Waals surface area contributed by atoms with Gasteiger partial charge in [0.05, 0.1) is 20.3 Å². The van der Waals surface area contributed by atoms with Crippen LogP contribution in [-0.2, 0) is 0 Å². The van der Waals surface area contributed by atoms with Crippen LogP contribution in [0.15, 0.2) is 18.2 Å². The average Bonchev–Trinajstić information content (AvgIpc) is 3.05. The molecule has 1 saturated carbocycles. The molecule has 1 aliphatic rings. The Morgan fingerprint density at radius 2 is 2.05 bits per heavy atom. The van der Waals surface area contributed by atoms with Gasteiger partial charge in [0.1, 0.15) is 11.5 Å². The van der Waals surface area contributed by atoms with Crippen LogP contribution in [0.2, 0.25) is 0 Å². The molecule has 0 bridgehead atoms. The highest BCUT2D eigenvalue weighted by Gasteiger charge is 2.44. The van der Waals surface area contributed by atoms with Crippen molar-refractivity contribution < 1.29 is 14.6 Å². The first-order valence-electron chi connectivity index (χ1n) is 7.08. The van der Waals surface area contributed by atoms with Crippen LogP contribution in [0.5, 0.6) is 11.5 Å². The Balaban J connectivity index is 1.92. The zero-order valence-corrected chi connectivity index (χ0v) is 12.8. The van der Waals surface area contributed by atoms with Crippen LogP contribution in [0.3, 0.4) is 0 Å². The summed E-state index contributed by atoms with van der Waals surface area (Å²) in [6, 6.07) is 5.48. The highest BCUT2D eigenvalue weighted by Crippen LogP contribution is 2.51. The van der Waals surface area contributed by atoms with Crippen molar-refractivity contribution >= 4 is 0 Å². The predicted molar refractivity (Wildman–Crippen MR) is 79.3 cm³/mol. The minimum Gasteiger partial charge on any atom is -0.497 e. The molecule has 0 amide bonds. The maximum absolute atomic E-state index is 10.3. The summed E-state index contributed by atoms with van der Waals surface area (Å²) >= 11 is 0. The third kappa shape index (κ3) is 3.44. The first-order valence-corrected chi connectivity index (χ1v) is 7.08. The van der Waals surface area contributed by atoms with E-state index < -0.39 is 6.10 Å². The smallest absolute Gasteiger partial charge is 0.124 e. The van der Waals surface area contributed by atoms with Crippen molar-refractivity contribution in [2.45, 2.75) is 26.4 Å². The summed E-state index contributed by atoms with van der Waals surface area (Å²) < 4.78 is 10.5. The Labute approximate surface area is 121 Å². The van der Waals surface area contributed by atoms with Crippen molar-refractivity contribution in [2.75, 3.05) is 27.3 Å². The van der Waals surface area contributed by atoms with Crippen LogP contribution in [0.1, 0.15) is 31.9 Å². The Morgan fingerprint density at radius 1 is 1.35 bits per heavy atom. The molecule has 4 nitrogen and oxygen atoms in total. The van der Waals surface area contributed by atoms with Crippen molar-refractivity contribution in [3.05, 3.63) is 23.8 Å². The number of hydrogen-bond donors (Lipinski definition) is 2. The Bertz CT molecular complexity index is 459. The zero-order chi connectivity index (χ0) is 14.8. The lowest BCUT2D eigenvalue weighted by molar-refractivity contribution is 0.169. The summed E-state index contributed by atoms with van der Waals surface area (Å²) in [6.07, 6.45) is 0.667. The molecule has 1 aliphatic carbocycles. The molecule has 0 saturated heterocycles. The van der Waals surface area contributed by atoms with E-state index >= 15 is 0 Å². The number of ether oxygens (including phenoxy) is 2. The molecule has 0 aromatic heterocycles. The maximum atomic E-state index is 10.3. The fourth-order valence-electron chi connectivity index (χ4n) is 2.53. The van der Waals surface area contributed by atoms with Crippen LogP contribution in [-0.4, -0.2) is 32.4 Å². The zero-order valence-electron chi connectivity index (χ0n) is 12.8. The van der Waals surface area contributed by atoms with E-state index in [0.29, 0.717) is 17.7 Å². The van der Waals surface area contributed by atoms with Crippen molar-refractivity contribution in [1.82, 2.24) is 5.32 Å². The molecule has 2 atom stereocenters. The molecule has 2 rings (SSSR count). The van der Waals surface area contributed by atoms with Crippen LogP contribution in [0, 0.1) is 11.3 Å². The summed E-state index contributed by atoms with van der Waals surface area (Å²) in [5.74, 6) is 2.14. The summed E-state index contributed by atoms with van der Waals surface area (Å²) in [5.41, 5.74) is 1.22. The van der Waals surface area contributed by atoms with Gasteiger partial charge in [0.25, 0.3) is 0 Å². The molecule has 0 spiro atoms. The van der Waals surface area contributed by atoms with Crippen LogP contribution < -0.4 is 14.8 Å². The normalized spacial score (nSPS) is 21.4. The lowest BCUT2D eigenvalue weighted by Gasteiger charge is -2.17. The van der Waals surface area contributed by atoms with Crippen molar-refractivity contribution in [3.63, 3.8) is 0 Å². The van der Waals surface area contributed by atoms with Gasteiger partial charge < -0.3 is 19.9 Å². The monoisotopic (exact) mass is 279 g/mol. The molecule has 1 fully saturated rings. The molecule has 2 unspecified atom stereocenters. The Hall–Kier alpha value is -1.26. The van der Waals surface area contributed by atoms with Crippen LogP contribution in [0.25, 0.3) is 0 Å². The maximum Gasteiger partial charge on any atom is 0.124 e. The molecule has 20 heavy (non-hydrogen) atoms. The number of rotatable bonds is 7. The third-order valence-electron chi connectivity index (χ3n) is 4.24. The first kappa shape index (κ1) is 15.1. The molecule has 1 aromatic rings. The predicted octanol–water partition coefficient (Wildman–Crippen LogP) is 2.37. The minimum atomic E-state index is -0.595. The largest absolute Gasteiger partial charge is 0.497 e. The van der Waals surface area contributed by atoms with Gasteiger partial charge >= 0.3 is 0 Å². The Morgan fingerprint density at radius 3 is 2.60 bits per heavy atom. The molecular formula is C16H25NO3. The number of hydrogen-bond acceptors (Lipinski definition) is 4. The molecule has 0 radical (unpaired) electrons. The van der Waals surface area contributed by atoms with Crippen LogP contribution >= 0.6 is 0 Å². The quantitative estimate of drug-likeness (QED) is 0.804. The average molecular weight is 279 g/mol. The van der Waals surface area contributed by atoms with Gasteiger partial charge in [0, 0.05) is 12.1 Å². The second-order valence-electron chi connectivity index (χ2n) is 6.17. The van der Waals surface area contributed by atoms with Crippen molar-refractivity contribution in [3.8, 4) is 11.5 Å². The number of benzene rings is 1. The van der Waals surface area contributed by atoms with Crippen molar-refractivity contribution in [1.29, 1.82) is 0 Å². The van der Waals surface area contributed by atoms with Gasteiger partial charge in [-0.2, -0.15) is 0 Å². The topological polar surface area (TPSA) is 50.7 Å². The molecule has 2 N–H and O–H groups in total. The standard InChI is InChI=1S/C16H25NO3/c1-16(2)8-11(16)9-17-10-14(18)13-7-12(19-3)5-6-15(13)20-4/h5-7,11,14,17-18H,8-10H2,1-4H3. The van der Waals surface area contributed by atoms with Gasteiger partial charge in [-0.05, 0) is 42.5 Å². The summed E-state index contributed by atoms with van der Waals surface area (Å²) in [5, 5.41) is 13.7. The number of aliphatic hydroxyl groups excluding tert-OH is 1. The SMILES string of the molecule is COc1ccc(OC)c(C(O)CNCC2CC2(C)C)c1. The summed E-state index contributed by atoms with van der Waals surface area (Å²) in [6.45, 7) is 6.04. The van der Waals surface area contributed by atoms with E-state index in [1.807, 2.05) is 18.2 Å². The van der Waals surface area contributed by atoms with Gasteiger partial charge in [-0.25, -0.2) is 0 Å².